The van der Waals surface area contributed by atoms with E-state index >= 15 is 0 Å². The van der Waals surface area contributed by atoms with Gasteiger partial charge in [0, 0.05) is 11.8 Å². The predicted octanol–water partition coefficient (Wildman–Crippen LogP) is 6.99. The fourth-order valence-electron chi connectivity index (χ4n) is 5.38. The van der Waals surface area contributed by atoms with Crippen LogP contribution in [0.4, 0.5) is 0 Å². The summed E-state index contributed by atoms with van der Waals surface area (Å²) < 4.78 is 0. The average molecular weight is 348 g/mol. The van der Waals surface area contributed by atoms with Crippen LogP contribution >= 0.6 is 0 Å². The molecule has 1 aromatic carbocycles. The molecule has 0 saturated heterocycles. The van der Waals surface area contributed by atoms with Crippen molar-refractivity contribution in [1.29, 1.82) is 0 Å². The third kappa shape index (κ3) is 4.03. The highest BCUT2D eigenvalue weighted by molar-refractivity contribution is 5.60. The van der Waals surface area contributed by atoms with E-state index in [1.807, 2.05) is 6.20 Å². The van der Waals surface area contributed by atoms with Crippen molar-refractivity contribution in [3.05, 3.63) is 53.7 Å². The maximum absolute atomic E-state index is 4.70. The van der Waals surface area contributed by atoms with Gasteiger partial charge in [-0.05, 0) is 78.7 Å². The average Bonchev–Trinajstić information content (AvgIpc) is 3.24. The number of benzene rings is 1. The third-order valence-corrected chi connectivity index (χ3v) is 6.93. The van der Waals surface area contributed by atoms with Gasteiger partial charge in [-0.15, -0.1) is 0 Å². The van der Waals surface area contributed by atoms with E-state index in [0.29, 0.717) is 10.8 Å². The Morgan fingerprint density at radius 1 is 0.769 bits per heavy atom. The van der Waals surface area contributed by atoms with Crippen LogP contribution in [0.25, 0.3) is 11.3 Å². The Bertz CT molecular complexity index is 683. The number of nitrogens with zero attached hydrogens (tertiary/aromatic N) is 1. The Balaban J connectivity index is 1.54. The molecule has 1 nitrogen and oxygen atoms in total. The molecule has 2 aliphatic carbocycles. The molecule has 0 aliphatic heterocycles. The van der Waals surface area contributed by atoms with E-state index < -0.39 is 0 Å². The summed E-state index contributed by atoms with van der Waals surface area (Å²) in [6, 6.07) is 13.7. The van der Waals surface area contributed by atoms with Gasteiger partial charge in [-0.3, -0.25) is 4.98 Å². The lowest BCUT2D eigenvalue weighted by Crippen LogP contribution is -2.14. The summed E-state index contributed by atoms with van der Waals surface area (Å²) in [5, 5.41) is 0. The van der Waals surface area contributed by atoms with Crippen molar-refractivity contribution in [3.8, 4) is 11.3 Å². The van der Waals surface area contributed by atoms with Crippen molar-refractivity contribution in [2.45, 2.75) is 78.1 Å². The minimum absolute atomic E-state index is 0.498. The molecule has 0 radical (unpaired) electrons. The largest absolute Gasteiger partial charge is 0.256 e. The Morgan fingerprint density at radius 2 is 1.35 bits per heavy atom. The van der Waals surface area contributed by atoms with Gasteiger partial charge in [-0.2, -0.15) is 0 Å². The van der Waals surface area contributed by atoms with Crippen molar-refractivity contribution in [2.24, 2.45) is 10.8 Å². The zero-order valence-corrected chi connectivity index (χ0v) is 16.6. The van der Waals surface area contributed by atoms with E-state index in [2.05, 4.69) is 50.2 Å². The molecule has 2 aliphatic rings. The molecule has 0 N–H and O–H groups in total. The molecule has 26 heavy (non-hydrogen) atoms. The molecular weight excluding hydrogens is 314 g/mol. The van der Waals surface area contributed by atoms with E-state index in [1.165, 1.54) is 80.9 Å². The maximum Gasteiger partial charge on any atom is 0.0704 e. The van der Waals surface area contributed by atoms with Gasteiger partial charge in [0.05, 0.1) is 5.69 Å². The lowest BCUT2D eigenvalue weighted by atomic mass is 9.81. The molecule has 2 fully saturated rings. The lowest BCUT2D eigenvalue weighted by molar-refractivity contribution is 0.334. The Labute approximate surface area is 159 Å². The highest BCUT2D eigenvalue weighted by Crippen LogP contribution is 2.41. The normalized spacial score (nSPS) is 21.2. The lowest BCUT2D eigenvalue weighted by Gasteiger charge is -2.24. The van der Waals surface area contributed by atoms with Crippen LogP contribution in [0.5, 0.6) is 0 Å². The molecule has 1 heteroatoms. The molecule has 0 spiro atoms. The second-order valence-electron chi connectivity index (χ2n) is 9.64. The fourth-order valence-corrected chi connectivity index (χ4v) is 5.38. The quantitative estimate of drug-likeness (QED) is 0.567. The van der Waals surface area contributed by atoms with E-state index in [-0.39, 0.29) is 0 Å². The predicted molar refractivity (Wildman–Crippen MR) is 110 cm³/mol. The first-order valence-electron chi connectivity index (χ1n) is 10.6. The minimum atomic E-state index is 0.498. The molecule has 0 amide bonds. The summed E-state index contributed by atoms with van der Waals surface area (Å²) in [5.41, 5.74) is 6.35. The third-order valence-electron chi connectivity index (χ3n) is 6.93. The number of aromatic nitrogens is 1. The van der Waals surface area contributed by atoms with E-state index in [1.54, 1.807) is 0 Å². The Morgan fingerprint density at radius 3 is 1.96 bits per heavy atom. The summed E-state index contributed by atoms with van der Waals surface area (Å²) in [4.78, 5) is 4.70. The second kappa shape index (κ2) is 7.18. The van der Waals surface area contributed by atoms with Gasteiger partial charge in [0.2, 0.25) is 0 Å². The van der Waals surface area contributed by atoms with E-state index in [4.69, 9.17) is 4.98 Å². The molecule has 4 rings (SSSR count). The van der Waals surface area contributed by atoms with Crippen LogP contribution in [0.3, 0.4) is 0 Å². The maximum atomic E-state index is 4.70. The van der Waals surface area contributed by atoms with Crippen molar-refractivity contribution in [3.63, 3.8) is 0 Å². The zero-order valence-electron chi connectivity index (χ0n) is 16.6. The first-order valence-corrected chi connectivity index (χ1v) is 10.6. The van der Waals surface area contributed by atoms with Crippen molar-refractivity contribution >= 4 is 0 Å². The molecule has 0 bridgehead atoms. The molecule has 0 unspecified atom stereocenters. The standard InChI is InChI=1S/C25H33N/c1-24(11-3-4-12-24)18-20-8-7-9-22(16-20)23-17-21(10-15-26-23)19-25(2)13-5-6-14-25/h7-10,15-17H,3-6,11-14,18-19H2,1-2H3. The topological polar surface area (TPSA) is 12.9 Å². The van der Waals surface area contributed by atoms with Gasteiger partial charge in [0.25, 0.3) is 0 Å². The van der Waals surface area contributed by atoms with Gasteiger partial charge in [-0.25, -0.2) is 0 Å². The summed E-state index contributed by atoms with van der Waals surface area (Å²) in [7, 11) is 0. The highest BCUT2D eigenvalue weighted by atomic mass is 14.7. The van der Waals surface area contributed by atoms with Crippen LogP contribution in [0.15, 0.2) is 42.6 Å². The number of hydrogen-bond donors (Lipinski definition) is 0. The van der Waals surface area contributed by atoms with Crippen LogP contribution in [0.2, 0.25) is 0 Å². The van der Waals surface area contributed by atoms with Crippen molar-refractivity contribution in [2.75, 3.05) is 0 Å². The summed E-state index contributed by atoms with van der Waals surface area (Å²) in [6.07, 6.45) is 15.5. The van der Waals surface area contributed by atoms with E-state index in [0.717, 1.165) is 5.69 Å². The van der Waals surface area contributed by atoms with Gasteiger partial charge < -0.3 is 0 Å². The monoisotopic (exact) mass is 347 g/mol. The summed E-state index contributed by atoms with van der Waals surface area (Å²) in [5.74, 6) is 0. The van der Waals surface area contributed by atoms with Crippen molar-refractivity contribution in [1.82, 2.24) is 4.98 Å². The van der Waals surface area contributed by atoms with Gasteiger partial charge in [-0.1, -0.05) is 57.7 Å². The van der Waals surface area contributed by atoms with Crippen LogP contribution in [0, 0.1) is 10.8 Å². The van der Waals surface area contributed by atoms with Gasteiger partial charge in [0.15, 0.2) is 0 Å². The first kappa shape index (κ1) is 17.8. The number of hydrogen-bond acceptors (Lipinski definition) is 1. The molecule has 2 aromatic rings. The van der Waals surface area contributed by atoms with Crippen LogP contribution < -0.4 is 0 Å². The number of pyridine rings is 1. The Hall–Kier alpha value is -1.63. The molecule has 0 atom stereocenters. The summed E-state index contributed by atoms with van der Waals surface area (Å²) >= 11 is 0. The first-order chi connectivity index (χ1) is 12.5. The Kier molecular flexibility index (Phi) is 4.90. The summed E-state index contributed by atoms with van der Waals surface area (Å²) in [6.45, 7) is 4.93. The second-order valence-corrected chi connectivity index (χ2v) is 9.64. The van der Waals surface area contributed by atoms with Crippen LogP contribution in [0.1, 0.15) is 76.3 Å². The molecular formula is C25H33N. The highest BCUT2D eigenvalue weighted by Gasteiger charge is 2.29. The molecule has 1 heterocycles. The van der Waals surface area contributed by atoms with Gasteiger partial charge >= 0.3 is 0 Å². The molecule has 138 valence electrons. The fraction of sp³-hybridized carbons (Fsp3) is 0.560. The molecule has 2 saturated carbocycles. The van der Waals surface area contributed by atoms with Crippen molar-refractivity contribution < 1.29 is 0 Å². The van der Waals surface area contributed by atoms with Gasteiger partial charge in [0.1, 0.15) is 0 Å². The number of rotatable bonds is 5. The smallest absolute Gasteiger partial charge is 0.0704 e. The van der Waals surface area contributed by atoms with Crippen LogP contribution in [-0.2, 0) is 12.8 Å². The molecule has 1 aromatic heterocycles. The SMILES string of the molecule is CC1(Cc2cccc(-c3cc(CC4(C)CCCC4)ccn3)c2)CCCC1. The van der Waals surface area contributed by atoms with E-state index in [9.17, 15) is 0 Å². The van der Waals surface area contributed by atoms with Crippen LogP contribution in [-0.4, -0.2) is 4.98 Å². The minimum Gasteiger partial charge on any atom is -0.256 e. The zero-order chi connectivity index (χ0) is 18.0.